The molecule has 0 aliphatic carbocycles. The summed E-state index contributed by atoms with van der Waals surface area (Å²) in [6.45, 7) is 6.74. The van der Waals surface area contributed by atoms with Crippen LogP contribution in [0.2, 0.25) is 0 Å². The van der Waals surface area contributed by atoms with E-state index in [2.05, 4.69) is 20.8 Å². The van der Waals surface area contributed by atoms with Gasteiger partial charge in [0.1, 0.15) is 13.2 Å². The fourth-order valence-corrected chi connectivity index (χ4v) is 11.8. The summed E-state index contributed by atoms with van der Waals surface area (Å²) >= 11 is 0. The minimum Gasteiger partial charge on any atom is -0.462 e. The fraction of sp³-hybridized carbons (Fsp3) is 0.959. The number of hydrogen-bond acceptors (Lipinski definition) is 6. The van der Waals surface area contributed by atoms with E-state index in [1.54, 1.807) is 0 Å². The quantitative estimate of drug-likeness (QED) is 0.0343. The van der Waals surface area contributed by atoms with Gasteiger partial charge in [0.05, 0.1) is 0 Å². The molecule has 0 aliphatic rings. The van der Waals surface area contributed by atoms with Crippen LogP contribution in [0.15, 0.2) is 0 Å². The lowest BCUT2D eigenvalue weighted by Gasteiger charge is -2.18. The maximum atomic E-state index is 12.9. The van der Waals surface area contributed by atoms with Gasteiger partial charge in [-0.05, 0) is 19.3 Å². The zero-order valence-corrected chi connectivity index (χ0v) is 54.9. The standard InChI is InChI=1S/C74H144O6/c1-4-7-10-13-16-19-22-25-27-29-31-33-34-35-36-37-38-39-40-41-42-44-45-47-49-52-55-58-61-64-67-73(76)79-70-71(69-78-72(75)66-63-60-57-54-51-24-21-18-15-12-9-6-3)80-74(77)68-65-62-59-56-53-50-48-46-43-32-30-28-26-23-20-17-14-11-8-5-2/h71H,4-70H2,1-3H3. The van der Waals surface area contributed by atoms with E-state index >= 15 is 0 Å². The number of ether oxygens (including phenoxy) is 3. The Morgan fingerprint density at radius 3 is 0.500 bits per heavy atom. The van der Waals surface area contributed by atoms with Gasteiger partial charge in [-0.3, -0.25) is 14.4 Å². The van der Waals surface area contributed by atoms with Crippen molar-refractivity contribution in [2.75, 3.05) is 13.2 Å². The molecular weight excluding hydrogens is 985 g/mol. The second-order valence-corrected chi connectivity index (χ2v) is 25.6. The molecule has 0 N–H and O–H groups in total. The van der Waals surface area contributed by atoms with Gasteiger partial charge in [0.15, 0.2) is 6.10 Å². The molecule has 476 valence electrons. The van der Waals surface area contributed by atoms with Crippen molar-refractivity contribution < 1.29 is 28.6 Å². The summed E-state index contributed by atoms with van der Waals surface area (Å²) in [7, 11) is 0. The molecule has 0 aromatic rings. The molecule has 6 nitrogen and oxygen atoms in total. The number of esters is 3. The van der Waals surface area contributed by atoms with Gasteiger partial charge >= 0.3 is 17.9 Å². The van der Waals surface area contributed by atoms with E-state index in [-0.39, 0.29) is 31.1 Å². The number of unbranched alkanes of at least 4 members (excludes halogenated alkanes) is 59. The van der Waals surface area contributed by atoms with Crippen LogP contribution in [0.25, 0.3) is 0 Å². The Kier molecular flexibility index (Phi) is 68.5. The SMILES string of the molecule is CCCCCCCCCCCCCCCCCCCCCCCCCCCCCCCCC(=O)OCC(COC(=O)CCCCCCCCCCCCCC)OC(=O)CCCCCCCCCCCCCCCCCCCCCC. The molecule has 0 saturated heterocycles. The normalized spacial score (nSPS) is 11.9. The zero-order valence-electron chi connectivity index (χ0n) is 54.9. The van der Waals surface area contributed by atoms with Gasteiger partial charge < -0.3 is 14.2 Å². The summed E-state index contributed by atoms with van der Waals surface area (Å²) in [5.74, 6) is -0.820. The van der Waals surface area contributed by atoms with Crippen molar-refractivity contribution in [2.24, 2.45) is 0 Å². The first-order valence-electron chi connectivity index (χ1n) is 37.0. The molecule has 80 heavy (non-hydrogen) atoms. The predicted molar refractivity (Wildman–Crippen MR) is 349 cm³/mol. The first-order valence-corrected chi connectivity index (χ1v) is 37.0. The van der Waals surface area contributed by atoms with Crippen molar-refractivity contribution >= 4 is 17.9 Å². The summed E-state index contributed by atoms with van der Waals surface area (Å²) in [6, 6.07) is 0. The van der Waals surface area contributed by atoms with Gasteiger partial charge in [-0.25, -0.2) is 0 Å². The molecule has 0 fully saturated rings. The van der Waals surface area contributed by atoms with Gasteiger partial charge in [-0.15, -0.1) is 0 Å². The van der Waals surface area contributed by atoms with Gasteiger partial charge in [0.25, 0.3) is 0 Å². The lowest BCUT2D eigenvalue weighted by atomic mass is 10.0. The first kappa shape index (κ1) is 78.4. The highest BCUT2D eigenvalue weighted by atomic mass is 16.6. The van der Waals surface area contributed by atoms with Crippen LogP contribution >= 0.6 is 0 Å². The van der Waals surface area contributed by atoms with E-state index in [0.29, 0.717) is 19.3 Å². The van der Waals surface area contributed by atoms with Crippen LogP contribution in [0.1, 0.15) is 438 Å². The average Bonchev–Trinajstić information content (AvgIpc) is 3.46. The fourth-order valence-electron chi connectivity index (χ4n) is 11.8. The third kappa shape index (κ3) is 67.2. The Morgan fingerprint density at radius 2 is 0.338 bits per heavy atom. The van der Waals surface area contributed by atoms with Crippen LogP contribution in [0.3, 0.4) is 0 Å². The number of carbonyl (C=O) groups excluding carboxylic acids is 3. The average molecular weight is 1130 g/mol. The number of carbonyl (C=O) groups is 3. The molecular formula is C74H144O6. The van der Waals surface area contributed by atoms with Gasteiger partial charge in [-0.1, -0.05) is 400 Å². The summed E-state index contributed by atoms with van der Waals surface area (Å²) in [4.78, 5) is 38.4. The summed E-state index contributed by atoms with van der Waals surface area (Å²) in [5, 5.41) is 0. The predicted octanol–water partition coefficient (Wildman–Crippen LogP) is 25.4. The van der Waals surface area contributed by atoms with Crippen LogP contribution in [-0.2, 0) is 28.6 Å². The third-order valence-corrected chi connectivity index (χ3v) is 17.4. The lowest BCUT2D eigenvalue weighted by Crippen LogP contribution is -2.30. The Morgan fingerprint density at radius 1 is 0.200 bits per heavy atom. The van der Waals surface area contributed by atoms with Crippen LogP contribution in [0, 0.1) is 0 Å². The maximum Gasteiger partial charge on any atom is 0.306 e. The van der Waals surface area contributed by atoms with E-state index in [4.69, 9.17) is 14.2 Å². The lowest BCUT2D eigenvalue weighted by molar-refractivity contribution is -0.167. The largest absolute Gasteiger partial charge is 0.462 e. The van der Waals surface area contributed by atoms with E-state index in [0.717, 1.165) is 57.8 Å². The first-order chi connectivity index (χ1) is 39.5. The molecule has 6 heteroatoms. The van der Waals surface area contributed by atoms with Crippen molar-refractivity contribution in [3.05, 3.63) is 0 Å². The van der Waals surface area contributed by atoms with Crippen LogP contribution < -0.4 is 0 Å². The van der Waals surface area contributed by atoms with Crippen molar-refractivity contribution in [3.8, 4) is 0 Å². The van der Waals surface area contributed by atoms with E-state index in [1.807, 2.05) is 0 Å². The molecule has 0 spiro atoms. The second kappa shape index (κ2) is 69.9. The highest BCUT2D eigenvalue weighted by molar-refractivity contribution is 5.71. The van der Waals surface area contributed by atoms with Crippen molar-refractivity contribution in [2.45, 2.75) is 444 Å². The van der Waals surface area contributed by atoms with Crippen LogP contribution in [0.5, 0.6) is 0 Å². The Balaban J connectivity index is 4.10. The molecule has 0 aliphatic heterocycles. The Bertz CT molecular complexity index is 1200. The summed E-state index contributed by atoms with van der Waals surface area (Å²) in [6.07, 6.45) is 83.0. The number of hydrogen-bond donors (Lipinski definition) is 0. The molecule has 0 heterocycles. The minimum absolute atomic E-state index is 0.0602. The topological polar surface area (TPSA) is 78.9 Å². The Labute approximate surface area is 501 Å². The molecule has 0 aromatic heterocycles. The highest BCUT2D eigenvalue weighted by Crippen LogP contribution is 2.20. The number of rotatable bonds is 70. The Hall–Kier alpha value is -1.59. The monoisotopic (exact) mass is 1130 g/mol. The molecule has 0 aromatic carbocycles. The minimum atomic E-state index is -0.763. The molecule has 0 rings (SSSR count). The molecule has 0 radical (unpaired) electrons. The van der Waals surface area contributed by atoms with E-state index in [9.17, 15) is 14.4 Å². The van der Waals surface area contributed by atoms with E-state index < -0.39 is 6.10 Å². The molecule has 0 bridgehead atoms. The van der Waals surface area contributed by atoms with Crippen molar-refractivity contribution in [1.82, 2.24) is 0 Å². The maximum absolute atomic E-state index is 12.9. The smallest absolute Gasteiger partial charge is 0.306 e. The van der Waals surface area contributed by atoms with Crippen LogP contribution in [-0.4, -0.2) is 37.2 Å². The molecule has 0 amide bonds. The molecule has 0 saturated carbocycles. The molecule has 1 atom stereocenters. The highest BCUT2D eigenvalue weighted by Gasteiger charge is 2.20. The second-order valence-electron chi connectivity index (χ2n) is 25.6. The van der Waals surface area contributed by atoms with Gasteiger partial charge in [0.2, 0.25) is 0 Å². The summed E-state index contributed by atoms with van der Waals surface area (Å²) in [5.41, 5.74) is 0. The third-order valence-electron chi connectivity index (χ3n) is 17.4. The van der Waals surface area contributed by atoms with Gasteiger partial charge in [-0.2, -0.15) is 0 Å². The van der Waals surface area contributed by atoms with Crippen molar-refractivity contribution in [3.63, 3.8) is 0 Å². The van der Waals surface area contributed by atoms with Crippen molar-refractivity contribution in [1.29, 1.82) is 0 Å². The summed E-state index contributed by atoms with van der Waals surface area (Å²) < 4.78 is 17.0. The van der Waals surface area contributed by atoms with E-state index in [1.165, 1.54) is 340 Å². The molecule has 1 unspecified atom stereocenters. The van der Waals surface area contributed by atoms with Gasteiger partial charge in [0, 0.05) is 19.3 Å². The zero-order chi connectivity index (χ0) is 57.8. The van der Waals surface area contributed by atoms with Crippen LogP contribution in [0.4, 0.5) is 0 Å².